The van der Waals surface area contributed by atoms with E-state index in [4.69, 9.17) is 21.9 Å². The second-order valence-electron chi connectivity index (χ2n) is 8.14. The van der Waals surface area contributed by atoms with Crippen LogP contribution in [0, 0.1) is 6.92 Å². The molecule has 2 aromatic rings. The van der Waals surface area contributed by atoms with Crippen LogP contribution in [0.2, 0.25) is 0 Å². The number of piperazine rings is 1. The van der Waals surface area contributed by atoms with Gasteiger partial charge in [0, 0.05) is 52.6 Å². The molecule has 0 atom stereocenters. The highest BCUT2D eigenvalue weighted by atomic mass is 32.2. The Balaban J connectivity index is 1.76. The standard InChI is InChI=1S/C23H29N5O3S2/c1-4-25-10-12-26(13-11-25)20-17(21(29)27-8-5-7-16(2)19(27)24-20)15-18-22(30)28(23(32)33-18)9-6-14-31-3/h5,7-8,15H,4,6,9-14H2,1-3H3/b18-15-. The number of amides is 1. The van der Waals surface area contributed by atoms with E-state index in [1.165, 1.54) is 11.8 Å². The zero-order chi connectivity index (χ0) is 23.5. The van der Waals surface area contributed by atoms with Crippen LogP contribution in [0.4, 0.5) is 5.82 Å². The van der Waals surface area contributed by atoms with E-state index in [1.807, 2.05) is 19.1 Å². The Bertz CT molecular complexity index is 1150. The van der Waals surface area contributed by atoms with Gasteiger partial charge in [-0.25, -0.2) is 4.98 Å². The normalized spacial score (nSPS) is 18.8. The molecule has 2 aliphatic heterocycles. The van der Waals surface area contributed by atoms with Gasteiger partial charge in [0.25, 0.3) is 11.5 Å². The maximum Gasteiger partial charge on any atom is 0.267 e. The molecule has 1 amide bonds. The van der Waals surface area contributed by atoms with Crippen LogP contribution >= 0.6 is 24.0 Å². The molecule has 0 saturated carbocycles. The van der Waals surface area contributed by atoms with Crippen LogP contribution in [0.1, 0.15) is 24.5 Å². The Morgan fingerprint density at radius 1 is 1.24 bits per heavy atom. The number of carbonyl (C=O) groups is 1. The Labute approximate surface area is 203 Å². The topological polar surface area (TPSA) is 70.4 Å². The SMILES string of the molecule is CCN1CCN(c2nc3c(C)cccn3c(=O)c2/C=C2\SC(=S)N(CCCOC)C2=O)CC1. The fraction of sp³-hybridized carbons (Fsp3) is 0.478. The first-order chi connectivity index (χ1) is 15.9. The van der Waals surface area contributed by atoms with Gasteiger partial charge in [-0.2, -0.15) is 0 Å². The lowest BCUT2D eigenvalue weighted by atomic mass is 10.2. The van der Waals surface area contributed by atoms with Crippen molar-refractivity contribution >= 4 is 51.7 Å². The molecular formula is C23H29N5O3S2. The number of likely N-dealkylation sites (N-methyl/N-ethyl adjacent to an activating group) is 1. The van der Waals surface area contributed by atoms with Crippen molar-refractivity contribution in [1.29, 1.82) is 0 Å². The Kier molecular flexibility index (Phi) is 7.48. The van der Waals surface area contributed by atoms with Gasteiger partial charge in [-0.1, -0.05) is 37.0 Å². The summed E-state index contributed by atoms with van der Waals surface area (Å²) in [5.74, 6) is 0.464. The summed E-state index contributed by atoms with van der Waals surface area (Å²) in [4.78, 5) is 38.2. The van der Waals surface area contributed by atoms with Gasteiger partial charge < -0.3 is 14.5 Å². The third kappa shape index (κ3) is 4.84. The molecule has 33 heavy (non-hydrogen) atoms. The second-order valence-corrected chi connectivity index (χ2v) is 9.82. The average Bonchev–Trinajstić information content (AvgIpc) is 3.09. The number of hydrogen-bond donors (Lipinski definition) is 0. The number of nitrogens with zero attached hydrogens (tertiary/aromatic N) is 5. The maximum atomic E-state index is 13.6. The second kappa shape index (κ2) is 10.3. The summed E-state index contributed by atoms with van der Waals surface area (Å²) >= 11 is 6.68. The minimum atomic E-state index is -0.179. The Hall–Kier alpha value is -2.27. The summed E-state index contributed by atoms with van der Waals surface area (Å²) in [5, 5.41) is 0. The van der Waals surface area contributed by atoms with Crippen LogP contribution in [-0.2, 0) is 9.53 Å². The van der Waals surface area contributed by atoms with Crippen LogP contribution in [-0.4, -0.2) is 82.4 Å². The van der Waals surface area contributed by atoms with E-state index in [1.54, 1.807) is 28.7 Å². The molecule has 2 aromatic heterocycles. The van der Waals surface area contributed by atoms with Crippen LogP contribution in [0.5, 0.6) is 0 Å². The van der Waals surface area contributed by atoms with Crippen molar-refractivity contribution < 1.29 is 9.53 Å². The number of thiocarbonyl (C=S) groups is 1. The van der Waals surface area contributed by atoms with Crippen molar-refractivity contribution in [2.24, 2.45) is 0 Å². The summed E-state index contributed by atoms with van der Waals surface area (Å²) in [6, 6.07) is 3.79. The molecule has 0 aliphatic carbocycles. The summed E-state index contributed by atoms with van der Waals surface area (Å²) < 4.78 is 7.16. The monoisotopic (exact) mass is 487 g/mol. The van der Waals surface area contributed by atoms with Crippen molar-refractivity contribution in [1.82, 2.24) is 19.2 Å². The minimum absolute atomic E-state index is 0.170. The zero-order valence-electron chi connectivity index (χ0n) is 19.2. The molecule has 0 N–H and O–H groups in total. The first-order valence-corrected chi connectivity index (χ1v) is 12.4. The van der Waals surface area contributed by atoms with Crippen molar-refractivity contribution in [3.8, 4) is 0 Å². The van der Waals surface area contributed by atoms with Gasteiger partial charge in [-0.3, -0.25) is 18.9 Å². The number of fused-ring (bicyclic) bond motifs is 1. The number of methoxy groups -OCH3 is 1. The van der Waals surface area contributed by atoms with Crippen LogP contribution in [0.25, 0.3) is 11.7 Å². The van der Waals surface area contributed by atoms with E-state index in [0.29, 0.717) is 45.8 Å². The number of carbonyl (C=O) groups excluding carboxylic acids is 1. The third-order valence-electron chi connectivity index (χ3n) is 6.06. The lowest BCUT2D eigenvalue weighted by Gasteiger charge is -2.35. The smallest absolute Gasteiger partial charge is 0.267 e. The number of pyridine rings is 1. The highest BCUT2D eigenvalue weighted by Crippen LogP contribution is 2.33. The van der Waals surface area contributed by atoms with Crippen LogP contribution in [0.3, 0.4) is 0 Å². The molecule has 176 valence electrons. The Morgan fingerprint density at radius 2 is 2.00 bits per heavy atom. The summed E-state index contributed by atoms with van der Waals surface area (Å²) in [5.41, 5.74) is 1.82. The molecule has 0 radical (unpaired) electrons. The quantitative estimate of drug-likeness (QED) is 0.335. The summed E-state index contributed by atoms with van der Waals surface area (Å²) in [7, 11) is 1.63. The number of aromatic nitrogens is 2. The minimum Gasteiger partial charge on any atom is -0.385 e. The maximum absolute atomic E-state index is 13.6. The number of thioether (sulfide) groups is 1. The molecule has 0 bridgehead atoms. The fourth-order valence-corrected chi connectivity index (χ4v) is 5.42. The van der Waals surface area contributed by atoms with E-state index < -0.39 is 0 Å². The lowest BCUT2D eigenvalue weighted by Crippen LogP contribution is -2.47. The van der Waals surface area contributed by atoms with Gasteiger partial charge in [-0.05, 0) is 37.6 Å². The Morgan fingerprint density at radius 3 is 2.70 bits per heavy atom. The van der Waals surface area contributed by atoms with E-state index in [0.717, 1.165) is 38.3 Å². The van der Waals surface area contributed by atoms with Gasteiger partial charge in [0.1, 0.15) is 15.8 Å². The number of ether oxygens (including phenoxy) is 1. The van der Waals surface area contributed by atoms with Crippen molar-refractivity contribution in [2.45, 2.75) is 20.3 Å². The van der Waals surface area contributed by atoms with E-state index >= 15 is 0 Å². The molecule has 4 rings (SSSR count). The first kappa shape index (κ1) is 23.9. The van der Waals surface area contributed by atoms with Gasteiger partial charge >= 0.3 is 0 Å². The first-order valence-electron chi connectivity index (χ1n) is 11.2. The summed E-state index contributed by atoms with van der Waals surface area (Å²) in [6.45, 7) is 9.53. The van der Waals surface area contributed by atoms with Crippen LogP contribution in [0.15, 0.2) is 28.0 Å². The number of anilines is 1. The van der Waals surface area contributed by atoms with E-state index in [-0.39, 0.29) is 11.5 Å². The molecule has 2 fully saturated rings. The van der Waals surface area contributed by atoms with Crippen LogP contribution < -0.4 is 10.5 Å². The molecule has 10 heteroatoms. The molecule has 2 saturated heterocycles. The molecule has 0 unspecified atom stereocenters. The van der Waals surface area contributed by atoms with E-state index in [9.17, 15) is 9.59 Å². The predicted octanol–water partition coefficient (Wildman–Crippen LogP) is 2.38. The third-order valence-corrected chi connectivity index (χ3v) is 7.44. The van der Waals surface area contributed by atoms with Gasteiger partial charge in [0.05, 0.1) is 10.5 Å². The molecule has 0 aromatic carbocycles. The average molecular weight is 488 g/mol. The summed E-state index contributed by atoms with van der Waals surface area (Å²) in [6.07, 6.45) is 4.10. The van der Waals surface area contributed by atoms with Crippen molar-refractivity contribution in [2.75, 3.05) is 57.9 Å². The van der Waals surface area contributed by atoms with E-state index in [2.05, 4.69) is 16.7 Å². The number of aryl methyl sites for hydroxylation is 1. The van der Waals surface area contributed by atoms with Crippen molar-refractivity contribution in [3.63, 3.8) is 0 Å². The van der Waals surface area contributed by atoms with Crippen molar-refractivity contribution in [3.05, 3.63) is 44.7 Å². The molecule has 4 heterocycles. The zero-order valence-corrected chi connectivity index (χ0v) is 20.9. The molecule has 2 aliphatic rings. The molecule has 0 spiro atoms. The highest BCUT2D eigenvalue weighted by Gasteiger charge is 2.33. The van der Waals surface area contributed by atoms with Gasteiger partial charge in [-0.15, -0.1) is 0 Å². The number of rotatable bonds is 7. The predicted molar refractivity (Wildman–Crippen MR) is 137 cm³/mol. The van der Waals surface area contributed by atoms with Gasteiger partial charge in [0.2, 0.25) is 0 Å². The number of hydrogen-bond acceptors (Lipinski definition) is 8. The highest BCUT2D eigenvalue weighted by molar-refractivity contribution is 8.26. The lowest BCUT2D eigenvalue weighted by molar-refractivity contribution is -0.122. The largest absolute Gasteiger partial charge is 0.385 e. The molecule has 8 nitrogen and oxygen atoms in total. The van der Waals surface area contributed by atoms with Gasteiger partial charge in [0.15, 0.2) is 0 Å². The fourth-order valence-electron chi connectivity index (χ4n) is 4.13. The molecular weight excluding hydrogens is 458 g/mol.